The maximum Gasteiger partial charge on any atom is 0.243 e. The lowest BCUT2D eigenvalue weighted by Gasteiger charge is -2.18. The fourth-order valence-electron chi connectivity index (χ4n) is 2.87. The van der Waals surface area contributed by atoms with Crippen molar-refractivity contribution in [2.24, 2.45) is 4.99 Å². The van der Waals surface area contributed by atoms with E-state index in [1.54, 1.807) is 25.5 Å². The third-order valence-corrected chi connectivity index (χ3v) is 4.21. The van der Waals surface area contributed by atoms with Crippen LogP contribution >= 0.6 is 24.0 Å². The topological polar surface area (TPSA) is 81.6 Å². The molecular formula is C16H25IN6O. The predicted octanol–water partition coefficient (Wildman–Crippen LogP) is 1.04. The van der Waals surface area contributed by atoms with Gasteiger partial charge >= 0.3 is 0 Å². The number of likely N-dealkylation sites (tertiary alicyclic amines) is 1. The maximum absolute atomic E-state index is 11.9. The summed E-state index contributed by atoms with van der Waals surface area (Å²) in [6.45, 7) is 2.39. The molecule has 24 heavy (non-hydrogen) atoms. The van der Waals surface area contributed by atoms with Gasteiger partial charge in [-0.25, -0.2) is 0 Å². The molecule has 3 N–H and O–H groups in total. The Morgan fingerprint density at radius 1 is 1.42 bits per heavy atom. The van der Waals surface area contributed by atoms with Crippen LogP contribution in [-0.4, -0.2) is 60.5 Å². The second kappa shape index (κ2) is 9.16. The molecule has 1 aromatic rings. The number of hydrogen-bond donors (Lipinski definition) is 3. The summed E-state index contributed by atoms with van der Waals surface area (Å²) in [6.07, 6.45) is 7.10. The van der Waals surface area contributed by atoms with E-state index >= 15 is 0 Å². The molecule has 1 aliphatic carbocycles. The highest BCUT2D eigenvalue weighted by atomic mass is 127. The Morgan fingerprint density at radius 2 is 2.25 bits per heavy atom. The van der Waals surface area contributed by atoms with Gasteiger partial charge in [-0.2, -0.15) is 0 Å². The number of hydrogen-bond acceptors (Lipinski definition) is 4. The van der Waals surface area contributed by atoms with Crippen LogP contribution < -0.4 is 16.0 Å². The third-order valence-electron chi connectivity index (χ3n) is 4.21. The lowest BCUT2D eigenvalue weighted by Crippen LogP contribution is -2.46. The zero-order valence-corrected chi connectivity index (χ0v) is 16.2. The lowest BCUT2D eigenvalue weighted by atomic mass is 10.3. The first-order valence-electron chi connectivity index (χ1n) is 8.15. The average Bonchev–Trinajstić information content (AvgIpc) is 3.32. The van der Waals surface area contributed by atoms with E-state index in [-0.39, 0.29) is 36.4 Å². The fraction of sp³-hybridized carbons (Fsp3) is 0.562. The van der Waals surface area contributed by atoms with E-state index in [2.05, 4.69) is 30.8 Å². The normalized spacial score (nSPS) is 21.0. The van der Waals surface area contributed by atoms with Crippen LogP contribution in [0.2, 0.25) is 0 Å². The van der Waals surface area contributed by atoms with Gasteiger partial charge in [0.25, 0.3) is 0 Å². The van der Waals surface area contributed by atoms with Crippen molar-refractivity contribution in [1.82, 2.24) is 20.5 Å². The van der Waals surface area contributed by atoms with Gasteiger partial charge in [-0.15, -0.1) is 24.0 Å². The van der Waals surface area contributed by atoms with E-state index in [9.17, 15) is 4.79 Å². The zero-order chi connectivity index (χ0) is 16.1. The summed E-state index contributed by atoms with van der Waals surface area (Å²) >= 11 is 0. The van der Waals surface area contributed by atoms with Crippen LogP contribution in [0.4, 0.5) is 5.69 Å². The number of halogens is 1. The monoisotopic (exact) mass is 444 g/mol. The third kappa shape index (κ3) is 5.59. The largest absolute Gasteiger partial charge is 0.352 e. The van der Waals surface area contributed by atoms with Gasteiger partial charge < -0.3 is 16.0 Å². The number of carbonyl (C=O) groups excluding carboxylic acids is 1. The van der Waals surface area contributed by atoms with Gasteiger partial charge in [0, 0.05) is 38.4 Å². The minimum Gasteiger partial charge on any atom is -0.352 e. The number of nitrogens with one attached hydrogen (secondary N) is 3. The zero-order valence-electron chi connectivity index (χ0n) is 13.9. The van der Waals surface area contributed by atoms with E-state index in [1.807, 2.05) is 6.07 Å². The highest BCUT2D eigenvalue weighted by Crippen LogP contribution is 2.29. The second-order valence-corrected chi connectivity index (χ2v) is 6.07. The SMILES string of the molecule is CN=C(NCC(=O)Nc1cccnc1)NC1CCN(C2CC2)C1.I. The predicted molar refractivity (Wildman–Crippen MR) is 106 cm³/mol. The molecule has 132 valence electrons. The number of carbonyl (C=O) groups is 1. The molecule has 1 amide bonds. The molecule has 0 radical (unpaired) electrons. The molecule has 1 unspecified atom stereocenters. The number of anilines is 1. The molecule has 2 fully saturated rings. The van der Waals surface area contributed by atoms with Crippen molar-refractivity contribution in [2.45, 2.75) is 31.3 Å². The first kappa shape index (κ1) is 18.9. The Bertz CT molecular complexity index is 563. The highest BCUT2D eigenvalue weighted by molar-refractivity contribution is 14.0. The number of amides is 1. The Kier molecular flexibility index (Phi) is 7.22. The summed E-state index contributed by atoms with van der Waals surface area (Å²) in [5, 5.41) is 9.26. The van der Waals surface area contributed by atoms with Crippen molar-refractivity contribution < 1.29 is 4.79 Å². The number of rotatable bonds is 5. The molecule has 8 heteroatoms. The van der Waals surface area contributed by atoms with Gasteiger partial charge in [0.2, 0.25) is 5.91 Å². The smallest absolute Gasteiger partial charge is 0.243 e. The first-order chi connectivity index (χ1) is 11.2. The van der Waals surface area contributed by atoms with E-state index in [0.29, 0.717) is 17.7 Å². The van der Waals surface area contributed by atoms with Crippen LogP contribution in [0.3, 0.4) is 0 Å². The van der Waals surface area contributed by atoms with Gasteiger partial charge in [-0.05, 0) is 31.4 Å². The molecule has 0 aromatic carbocycles. The number of pyridine rings is 1. The number of aromatic nitrogens is 1. The Balaban J connectivity index is 0.00000208. The molecule has 1 aromatic heterocycles. The summed E-state index contributed by atoms with van der Waals surface area (Å²) in [6, 6.07) is 4.81. The van der Waals surface area contributed by atoms with Crippen LogP contribution in [0, 0.1) is 0 Å². The molecule has 1 saturated heterocycles. The van der Waals surface area contributed by atoms with Crippen molar-refractivity contribution in [3.8, 4) is 0 Å². The summed E-state index contributed by atoms with van der Waals surface area (Å²) in [4.78, 5) is 22.6. The van der Waals surface area contributed by atoms with Gasteiger partial charge in [-0.1, -0.05) is 0 Å². The van der Waals surface area contributed by atoms with Crippen LogP contribution in [0.25, 0.3) is 0 Å². The van der Waals surface area contributed by atoms with Crippen molar-refractivity contribution in [3.05, 3.63) is 24.5 Å². The van der Waals surface area contributed by atoms with E-state index < -0.39 is 0 Å². The molecule has 3 rings (SSSR count). The second-order valence-electron chi connectivity index (χ2n) is 6.07. The highest BCUT2D eigenvalue weighted by Gasteiger charge is 2.34. The maximum atomic E-state index is 11.9. The quantitative estimate of drug-likeness (QED) is 0.359. The number of guanidine groups is 1. The van der Waals surface area contributed by atoms with Gasteiger partial charge in [0.05, 0.1) is 18.4 Å². The minimum atomic E-state index is -0.119. The number of nitrogens with zero attached hydrogens (tertiary/aromatic N) is 3. The van der Waals surface area contributed by atoms with Crippen molar-refractivity contribution in [2.75, 3.05) is 32.0 Å². The Morgan fingerprint density at radius 3 is 2.92 bits per heavy atom. The van der Waals surface area contributed by atoms with Crippen molar-refractivity contribution in [3.63, 3.8) is 0 Å². The summed E-state index contributed by atoms with van der Waals surface area (Å²) in [7, 11) is 1.72. The van der Waals surface area contributed by atoms with Crippen LogP contribution in [-0.2, 0) is 4.79 Å². The van der Waals surface area contributed by atoms with Crippen LogP contribution in [0.1, 0.15) is 19.3 Å². The van der Waals surface area contributed by atoms with Gasteiger partial charge in [0.15, 0.2) is 5.96 Å². The standard InChI is InChI=1S/C16H24N6O.HI/c1-17-16(21-13-6-8-22(11-13)14-4-5-14)19-10-15(23)20-12-3-2-7-18-9-12;/h2-3,7,9,13-14H,4-6,8,10-11H2,1H3,(H,20,23)(H2,17,19,21);1H. The lowest BCUT2D eigenvalue weighted by molar-refractivity contribution is -0.115. The molecule has 0 spiro atoms. The first-order valence-corrected chi connectivity index (χ1v) is 8.15. The van der Waals surface area contributed by atoms with Crippen LogP contribution in [0.15, 0.2) is 29.5 Å². The molecule has 1 aliphatic heterocycles. The Hall–Kier alpha value is -1.42. The molecule has 1 saturated carbocycles. The molecule has 2 aliphatic rings. The molecule has 0 bridgehead atoms. The summed E-state index contributed by atoms with van der Waals surface area (Å²) < 4.78 is 0. The molecule has 2 heterocycles. The average molecular weight is 444 g/mol. The molecule has 1 atom stereocenters. The van der Waals surface area contributed by atoms with Gasteiger partial charge in [-0.3, -0.25) is 19.7 Å². The Labute approximate surface area is 159 Å². The summed E-state index contributed by atoms with van der Waals surface area (Å²) in [5.74, 6) is 0.556. The number of aliphatic imine (C=N–C) groups is 1. The van der Waals surface area contributed by atoms with Gasteiger partial charge in [0.1, 0.15) is 0 Å². The van der Waals surface area contributed by atoms with Crippen molar-refractivity contribution >= 4 is 41.5 Å². The van der Waals surface area contributed by atoms with Crippen LogP contribution in [0.5, 0.6) is 0 Å². The van der Waals surface area contributed by atoms with E-state index in [1.165, 1.54) is 12.8 Å². The fourth-order valence-corrected chi connectivity index (χ4v) is 2.87. The molecule has 7 nitrogen and oxygen atoms in total. The van der Waals surface area contributed by atoms with Crippen molar-refractivity contribution in [1.29, 1.82) is 0 Å². The summed E-state index contributed by atoms with van der Waals surface area (Å²) in [5.41, 5.74) is 0.693. The van der Waals surface area contributed by atoms with E-state index in [0.717, 1.165) is 25.6 Å². The minimum absolute atomic E-state index is 0. The van der Waals surface area contributed by atoms with E-state index in [4.69, 9.17) is 0 Å². The molecular weight excluding hydrogens is 419 g/mol.